The van der Waals surface area contributed by atoms with Crippen LogP contribution in [-0.4, -0.2) is 37.6 Å². The van der Waals surface area contributed by atoms with E-state index in [9.17, 15) is 9.59 Å². The minimum atomic E-state index is -0.391. The maximum absolute atomic E-state index is 12.8. The van der Waals surface area contributed by atoms with Crippen LogP contribution in [0.4, 0.5) is 5.00 Å². The minimum absolute atomic E-state index is 0.0478. The van der Waals surface area contributed by atoms with Crippen molar-refractivity contribution in [2.75, 3.05) is 25.0 Å². The molecule has 2 atom stereocenters. The predicted octanol–water partition coefficient (Wildman–Crippen LogP) is 3.60. The number of thiophene rings is 1. The van der Waals surface area contributed by atoms with Crippen LogP contribution >= 0.6 is 11.3 Å². The number of likely N-dealkylation sites (tertiary alicyclic amines) is 1. The average Bonchev–Trinajstić information content (AvgIpc) is 3.07. The third-order valence-corrected chi connectivity index (χ3v) is 6.56. The highest BCUT2D eigenvalue weighted by molar-refractivity contribution is 7.15. The first-order chi connectivity index (χ1) is 13.9. The van der Waals surface area contributed by atoms with E-state index in [0.29, 0.717) is 29.8 Å². The first kappa shape index (κ1) is 21.5. The van der Waals surface area contributed by atoms with Crippen molar-refractivity contribution in [3.63, 3.8) is 0 Å². The quantitative estimate of drug-likeness (QED) is 0.709. The number of nitrogens with one attached hydrogen (secondary N) is 2. The van der Waals surface area contributed by atoms with Gasteiger partial charge in [0.15, 0.2) is 6.54 Å². The number of quaternary nitrogens is 1. The van der Waals surface area contributed by atoms with Gasteiger partial charge in [0, 0.05) is 10.9 Å². The molecule has 1 aliphatic rings. The molecule has 2 heterocycles. The second-order valence-electron chi connectivity index (χ2n) is 7.92. The topological polar surface area (TPSA) is 59.8 Å². The Morgan fingerprint density at radius 1 is 1.24 bits per heavy atom. The standard InChI is InChI=1S/C23H30N2O3S/c1-5-28-23(27)21-19(18-10-9-15(2)12-16(18)3)14-29-22(21)24-20(26)13-25-11-7-6-8-17(25)4/h9-10,12,14,17H,5-8,11,13H2,1-4H3,(H,24,26)/p+1/t17-/m1/s1. The fourth-order valence-electron chi connectivity index (χ4n) is 4.06. The van der Waals surface area contributed by atoms with Crippen LogP contribution in [0.2, 0.25) is 0 Å². The van der Waals surface area contributed by atoms with E-state index in [-0.39, 0.29) is 5.91 Å². The summed E-state index contributed by atoms with van der Waals surface area (Å²) < 4.78 is 5.31. The molecule has 0 radical (unpaired) electrons. The lowest BCUT2D eigenvalue weighted by atomic mass is 9.97. The molecular weight excluding hydrogens is 384 g/mol. The van der Waals surface area contributed by atoms with Gasteiger partial charge in [0.25, 0.3) is 5.91 Å². The lowest BCUT2D eigenvalue weighted by molar-refractivity contribution is -0.920. The van der Waals surface area contributed by atoms with Crippen LogP contribution in [0.5, 0.6) is 0 Å². The van der Waals surface area contributed by atoms with Crippen LogP contribution in [0.3, 0.4) is 0 Å². The zero-order valence-corrected chi connectivity index (χ0v) is 18.6. The van der Waals surface area contributed by atoms with Crippen molar-refractivity contribution in [1.82, 2.24) is 0 Å². The third kappa shape index (κ3) is 5.06. The number of aryl methyl sites for hydroxylation is 2. The highest BCUT2D eigenvalue weighted by Crippen LogP contribution is 2.37. The lowest BCUT2D eigenvalue weighted by Crippen LogP contribution is -3.17. The van der Waals surface area contributed by atoms with Gasteiger partial charge in [-0.25, -0.2) is 4.79 Å². The van der Waals surface area contributed by atoms with Crippen molar-refractivity contribution < 1.29 is 19.2 Å². The molecule has 2 N–H and O–H groups in total. The van der Waals surface area contributed by atoms with Crippen LogP contribution in [-0.2, 0) is 9.53 Å². The Labute approximate surface area is 177 Å². The number of carbonyl (C=O) groups excluding carboxylic acids is 2. The molecule has 156 valence electrons. The van der Waals surface area contributed by atoms with Crippen LogP contribution in [0.25, 0.3) is 11.1 Å². The van der Waals surface area contributed by atoms with Crippen LogP contribution in [0.15, 0.2) is 23.6 Å². The maximum Gasteiger partial charge on any atom is 0.341 e. The molecule has 1 fully saturated rings. The van der Waals surface area contributed by atoms with E-state index in [2.05, 4.69) is 18.3 Å². The summed E-state index contributed by atoms with van der Waals surface area (Å²) in [6, 6.07) is 6.66. The molecule has 0 saturated carbocycles. The lowest BCUT2D eigenvalue weighted by Gasteiger charge is -2.29. The summed E-state index contributed by atoms with van der Waals surface area (Å²) >= 11 is 1.39. The summed E-state index contributed by atoms with van der Waals surface area (Å²) in [4.78, 5) is 26.8. The molecule has 3 rings (SSSR count). The fourth-order valence-corrected chi connectivity index (χ4v) is 5.03. The van der Waals surface area contributed by atoms with Gasteiger partial charge in [-0.15, -0.1) is 11.3 Å². The van der Waals surface area contributed by atoms with E-state index >= 15 is 0 Å². The summed E-state index contributed by atoms with van der Waals surface area (Å²) in [7, 11) is 0. The molecule has 0 bridgehead atoms. The van der Waals surface area contributed by atoms with E-state index < -0.39 is 5.97 Å². The summed E-state index contributed by atoms with van der Waals surface area (Å²) in [5, 5.41) is 5.51. The molecule has 0 spiro atoms. The molecule has 0 aliphatic carbocycles. The van der Waals surface area contributed by atoms with E-state index in [1.165, 1.54) is 28.2 Å². The van der Waals surface area contributed by atoms with E-state index in [0.717, 1.165) is 36.1 Å². The molecule has 6 heteroatoms. The minimum Gasteiger partial charge on any atom is -0.462 e. The summed E-state index contributed by atoms with van der Waals surface area (Å²) in [5.74, 6) is -0.439. The van der Waals surface area contributed by atoms with Gasteiger partial charge in [0.1, 0.15) is 10.6 Å². The van der Waals surface area contributed by atoms with Crippen molar-refractivity contribution in [2.24, 2.45) is 0 Å². The van der Waals surface area contributed by atoms with Crippen LogP contribution < -0.4 is 10.2 Å². The van der Waals surface area contributed by atoms with Crippen molar-refractivity contribution >= 4 is 28.2 Å². The van der Waals surface area contributed by atoms with Crippen molar-refractivity contribution in [3.8, 4) is 11.1 Å². The van der Waals surface area contributed by atoms with E-state index in [1.807, 2.05) is 31.4 Å². The van der Waals surface area contributed by atoms with Gasteiger partial charge in [0.05, 0.1) is 19.2 Å². The second-order valence-corrected chi connectivity index (χ2v) is 8.80. The molecule has 1 aromatic heterocycles. The maximum atomic E-state index is 12.8. The fraction of sp³-hybridized carbons (Fsp3) is 0.478. The highest BCUT2D eigenvalue weighted by Gasteiger charge is 2.27. The summed E-state index contributed by atoms with van der Waals surface area (Å²) in [6.45, 7) is 9.83. The SMILES string of the molecule is CCOC(=O)c1c(-c2ccc(C)cc2C)csc1NC(=O)C[NH+]1CCCC[C@H]1C. The van der Waals surface area contributed by atoms with Gasteiger partial charge in [-0.3, -0.25) is 4.79 Å². The molecule has 1 saturated heterocycles. The number of anilines is 1. The number of piperidine rings is 1. The second kappa shape index (κ2) is 9.55. The number of carbonyl (C=O) groups is 2. The first-order valence-electron chi connectivity index (χ1n) is 10.4. The highest BCUT2D eigenvalue weighted by atomic mass is 32.1. The zero-order chi connectivity index (χ0) is 21.0. The Balaban J connectivity index is 1.87. The monoisotopic (exact) mass is 415 g/mol. The Morgan fingerprint density at radius 2 is 2.03 bits per heavy atom. The number of esters is 1. The molecular formula is C23H31N2O3S+. The molecule has 2 aromatic rings. The van der Waals surface area contributed by atoms with Crippen LogP contribution in [0.1, 0.15) is 54.6 Å². The number of ether oxygens (including phenoxy) is 1. The Kier molecular flexibility index (Phi) is 7.09. The van der Waals surface area contributed by atoms with Crippen molar-refractivity contribution in [2.45, 2.75) is 53.0 Å². The van der Waals surface area contributed by atoms with Gasteiger partial charge in [-0.2, -0.15) is 0 Å². The van der Waals surface area contributed by atoms with Gasteiger partial charge in [-0.05, 0) is 58.1 Å². The molecule has 29 heavy (non-hydrogen) atoms. The number of hydrogen-bond donors (Lipinski definition) is 2. The summed E-state index contributed by atoms with van der Waals surface area (Å²) in [6.07, 6.45) is 3.56. The van der Waals surface area contributed by atoms with Gasteiger partial charge >= 0.3 is 5.97 Å². The van der Waals surface area contributed by atoms with E-state index in [1.54, 1.807) is 6.92 Å². The predicted molar refractivity (Wildman–Crippen MR) is 118 cm³/mol. The number of benzene rings is 1. The Hall–Kier alpha value is -2.18. The van der Waals surface area contributed by atoms with Gasteiger partial charge in [-0.1, -0.05) is 23.8 Å². The van der Waals surface area contributed by atoms with Crippen molar-refractivity contribution in [3.05, 3.63) is 40.3 Å². The molecule has 1 aromatic carbocycles. The number of rotatable bonds is 6. The van der Waals surface area contributed by atoms with Crippen LogP contribution in [0, 0.1) is 13.8 Å². The largest absolute Gasteiger partial charge is 0.462 e. The summed E-state index contributed by atoms with van der Waals surface area (Å²) in [5.41, 5.74) is 4.54. The normalized spacial score (nSPS) is 19.0. The van der Waals surface area contributed by atoms with Gasteiger partial charge in [0.2, 0.25) is 0 Å². The number of amides is 1. The Morgan fingerprint density at radius 3 is 2.72 bits per heavy atom. The van der Waals surface area contributed by atoms with Gasteiger partial charge < -0.3 is 15.0 Å². The molecule has 5 nitrogen and oxygen atoms in total. The average molecular weight is 416 g/mol. The van der Waals surface area contributed by atoms with Crippen molar-refractivity contribution in [1.29, 1.82) is 0 Å². The Bertz CT molecular complexity index is 890. The molecule has 1 aliphatic heterocycles. The van der Waals surface area contributed by atoms with E-state index in [4.69, 9.17) is 4.74 Å². The molecule has 1 unspecified atom stereocenters. The smallest absolute Gasteiger partial charge is 0.341 e. The zero-order valence-electron chi connectivity index (χ0n) is 17.8. The number of hydrogen-bond acceptors (Lipinski definition) is 4. The third-order valence-electron chi connectivity index (χ3n) is 5.67. The first-order valence-corrected chi connectivity index (χ1v) is 11.3. The molecule has 1 amide bonds.